The van der Waals surface area contributed by atoms with E-state index in [0.717, 1.165) is 18.2 Å². The van der Waals surface area contributed by atoms with Crippen LogP contribution in [-0.2, 0) is 14.3 Å². The molecule has 1 heterocycles. The van der Waals surface area contributed by atoms with E-state index in [1.54, 1.807) is 13.8 Å². The molecule has 0 saturated carbocycles. The largest absolute Gasteiger partial charge is 0.456 e. The molecule has 0 aromatic heterocycles. The summed E-state index contributed by atoms with van der Waals surface area (Å²) in [5.74, 6) is -1.55. The van der Waals surface area contributed by atoms with Crippen molar-refractivity contribution in [2.24, 2.45) is 0 Å². The maximum atomic E-state index is 12.1. The lowest BCUT2D eigenvalue weighted by molar-refractivity contribution is -0.394. The van der Waals surface area contributed by atoms with Crippen molar-refractivity contribution in [1.29, 1.82) is 0 Å². The third kappa shape index (κ3) is 3.42. The number of hydrogen-bond acceptors (Lipinski definition) is 8. The summed E-state index contributed by atoms with van der Waals surface area (Å²) >= 11 is 0. The van der Waals surface area contributed by atoms with Crippen LogP contribution < -0.4 is 0 Å². The second-order valence-corrected chi connectivity index (χ2v) is 5.43. The maximum absolute atomic E-state index is 12.1. The predicted octanol–water partition coefficient (Wildman–Crippen LogP) is 1.75. The highest BCUT2D eigenvalue weighted by Gasteiger charge is 2.44. The molecule has 2 rings (SSSR count). The van der Waals surface area contributed by atoms with Gasteiger partial charge in [0, 0.05) is 12.1 Å². The summed E-state index contributed by atoms with van der Waals surface area (Å²) in [7, 11) is 0. The molecule has 1 aliphatic rings. The first-order valence-corrected chi connectivity index (χ1v) is 6.47. The number of carbonyl (C=O) groups is 2. The number of nitro benzene ring substituents is 2. The van der Waals surface area contributed by atoms with Crippen molar-refractivity contribution in [1.82, 2.24) is 0 Å². The van der Waals surface area contributed by atoms with Crippen LogP contribution in [0.3, 0.4) is 0 Å². The SMILES string of the molecule is CC1(C)OC(=O)CC1OC(=O)c1cc([N+](=O)[O-])cc([N+](=O)[O-])c1. The first-order valence-electron chi connectivity index (χ1n) is 6.47. The topological polar surface area (TPSA) is 139 Å². The molecule has 1 unspecified atom stereocenters. The molecule has 1 fully saturated rings. The van der Waals surface area contributed by atoms with Gasteiger partial charge in [-0.1, -0.05) is 0 Å². The van der Waals surface area contributed by atoms with Crippen LogP contribution in [0.5, 0.6) is 0 Å². The summed E-state index contributed by atoms with van der Waals surface area (Å²) in [5.41, 5.74) is -2.60. The van der Waals surface area contributed by atoms with E-state index in [0.29, 0.717) is 0 Å². The van der Waals surface area contributed by atoms with Crippen molar-refractivity contribution >= 4 is 23.3 Å². The fraction of sp³-hybridized carbons (Fsp3) is 0.385. The van der Waals surface area contributed by atoms with E-state index in [4.69, 9.17) is 9.47 Å². The van der Waals surface area contributed by atoms with E-state index >= 15 is 0 Å². The quantitative estimate of drug-likeness (QED) is 0.463. The average Bonchev–Trinajstić information content (AvgIpc) is 2.70. The van der Waals surface area contributed by atoms with Crippen molar-refractivity contribution in [3.63, 3.8) is 0 Å². The number of nitro groups is 2. The van der Waals surface area contributed by atoms with Crippen molar-refractivity contribution in [3.8, 4) is 0 Å². The van der Waals surface area contributed by atoms with Gasteiger partial charge in [-0.05, 0) is 13.8 Å². The van der Waals surface area contributed by atoms with E-state index in [2.05, 4.69) is 0 Å². The minimum Gasteiger partial charge on any atom is -0.456 e. The number of hydrogen-bond donors (Lipinski definition) is 0. The Bertz CT molecular complexity index is 680. The van der Waals surface area contributed by atoms with E-state index in [1.165, 1.54) is 0 Å². The molecule has 122 valence electrons. The highest BCUT2D eigenvalue weighted by molar-refractivity contribution is 5.91. The van der Waals surface area contributed by atoms with Gasteiger partial charge in [0.15, 0.2) is 6.10 Å². The minimum atomic E-state index is -1.04. The maximum Gasteiger partial charge on any atom is 0.339 e. The Labute approximate surface area is 129 Å². The van der Waals surface area contributed by atoms with E-state index < -0.39 is 44.9 Å². The molecule has 1 aliphatic heterocycles. The van der Waals surface area contributed by atoms with Crippen molar-refractivity contribution in [2.75, 3.05) is 0 Å². The Kier molecular flexibility index (Phi) is 4.00. The minimum absolute atomic E-state index is 0.157. The first-order chi connectivity index (χ1) is 10.6. The smallest absolute Gasteiger partial charge is 0.339 e. The van der Waals surface area contributed by atoms with Crippen LogP contribution >= 0.6 is 0 Å². The van der Waals surface area contributed by atoms with Gasteiger partial charge >= 0.3 is 11.9 Å². The molecule has 0 N–H and O–H groups in total. The van der Waals surface area contributed by atoms with Crippen LogP contribution in [-0.4, -0.2) is 33.5 Å². The monoisotopic (exact) mass is 324 g/mol. The Morgan fingerprint density at radius 3 is 2.13 bits per heavy atom. The van der Waals surface area contributed by atoms with Gasteiger partial charge in [-0.15, -0.1) is 0 Å². The van der Waals surface area contributed by atoms with Crippen molar-refractivity contribution in [2.45, 2.75) is 32.0 Å². The van der Waals surface area contributed by atoms with Gasteiger partial charge in [0.05, 0.1) is 27.9 Å². The number of nitrogens with zero attached hydrogens (tertiary/aromatic N) is 2. The van der Waals surface area contributed by atoms with Crippen LogP contribution in [0.2, 0.25) is 0 Å². The van der Waals surface area contributed by atoms with Gasteiger partial charge in [0.2, 0.25) is 0 Å². The normalized spacial score (nSPS) is 19.0. The number of rotatable bonds is 4. The average molecular weight is 324 g/mol. The zero-order valence-electron chi connectivity index (χ0n) is 12.2. The Morgan fingerprint density at radius 2 is 1.74 bits per heavy atom. The Hall–Kier alpha value is -3.04. The predicted molar refractivity (Wildman–Crippen MR) is 73.7 cm³/mol. The molecule has 1 aromatic carbocycles. The number of carbonyl (C=O) groups excluding carboxylic acids is 2. The molecule has 1 aromatic rings. The fourth-order valence-corrected chi connectivity index (χ4v) is 2.10. The number of non-ortho nitro benzene ring substituents is 2. The van der Waals surface area contributed by atoms with Gasteiger partial charge in [-0.2, -0.15) is 0 Å². The summed E-state index contributed by atoms with van der Waals surface area (Å²) in [4.78, 5) is 43.3. The number of cyclic esters (lactones) is 1. The van der Waals surface area contributed by atoms with Gasteiger partial charge < -0.3 is 9.47 Å². The molecule has 0 spiro atoms. The van der Waals surface area contributed by atoms with E-state index in [9.17, 15) is 29.8 Å². The first kappa shape index (κ1) is 16.3. The summed E-state index contributed by atoms with van der Waals surface area (Å²) in [6.45, 7) is 3.09. The molecular weight excluding hydrogens is 312 g/mol. The summed E-state index contributed by atoms with van der Waals surface area (Å²) < 4.78 is 10.1. The molecule has 1 atom stereocenters. The van der Waals surface area contributed by atoms with Crippen LogP contribution in [0.25, 0.3) is 0 Å². The lowest BCUT2D eigenvalue weighted by atomic mass is 10.0. The van der Waals surface area contributed by atoms with E-state index in [1.807, 2.05) is 0 Å². The molecule has 0 radical (unpaired) electrons. The standard InChI is InChI=1S/C13H12N2O8/c1-13(2)10(6-11(16)23-13)22-12(17)7-3-8(14(18)19)5-9(4-7)15(20)21/h3-5,10H,6H2,1-2H3. The fourth-order valence-electron chi connectivity index (χ4n) is 2.10. The molecule has 10 nitrogen and oxygen atoms in total. The zero-order chi connectivity index (χ0) is 17.4. The third-order valence-corrected chi connectivity index (χ3v) is 3.31. The molecule has 0 amide bonds. The van der Waals surface area contributed by atoms with Gasteiger partial charge in [0.25, 0.3) is 11.4 Å². The zero-order valence-corrected chi connectivity index (χ0v) is 12.2. The second-order valence-electron chi connectivity index (χ2n) is 5.43. The number of esters is 2. The Balaban J connectivity index is 2.30. The van der Waals surface area contributed by atoms with Crippen molar-refractivity contribution in [3.05, 3.63) is 44.0 Å². The lowest BCUT2D eigenvalue weighted by Crippen LogP contribution is -2.35. The Morgan fingerprint density at radius 1 is 1.22 bits per heavy atom. The highest BCUT2D eigenvalue weighted by atomic mass is 16.6. The molecule has 0 bridgehead atoms. The van der Waals surface area contributed by atoms with Crippen LogP contribution in [0.1, 0.15) is 30.6 Å². The molecular formula is C13H12N2O8. The van der Waals surface area contributed by atoms with Crippen LogP contribution in [0, 0.1) is 20.2 Å². The molecule has 23 heavy (non-hydrogen) atoms. The lowest BCUT2D eigenvalue weighted by Gasteiger charge is -2.24. The van der Waals surface area contributed by atoms with Gasteiger partial charge in [0.1, 0.15) is 5.60 Å². The third-order valence-electron chi connectivity index (χ3n) is 3.31. The van der Waals surface area contributed by atoms with Crippen LogP contribution in [0.15, 0.2) is 18.2 Å². The van der Waals surface area contributed by atoms with Crippen molar-refractivity contribution < 1.29 is 28.9 Å². The number of benzene rings is 1. The van der Waals surface area contributed by atoms with Gasteiger partial charge in [-0.3, -0.25) is 25.0 Å². The summed E-state index contributed by atoms with van der Waals surface area (Å²) in [6, 6.07) is 2.49. The second kappa shape index (κ2) is 5.63. The molecule has 1 saturated heterocycles. The summed E-state index contributed by atoms with van der Waals surface area (Å²) in [5, 5.41) is 21.6. The summed E-state index contributed by atoms with van der Waals surface area (Å²) in [6.07, 6.45) is -1.05. The highest BCUT2D eigenvalue weighted by Crippen LogP contribution is 2.30. The van der Waals surface area contributed by atoms with Gasteiger partial charge in [-0.25, -0.2) is 4.79 Å². The molecule has 10 heteroatoms. The van der Waals surface area contributed by atoms with Crippen LogP contribution in [0.4, 0.5) is 11.4 Å². The molecule has 0 aliphatic carbocycles. The number of ether oxygens (including phenoxy) is 2. The van der Waals surface area contributed by atoms with E-state index in [-0.39, 0.29) is 12.0 Å².